The van der Waals surface area contributed by atoms with Crippen LogP contribution in [-0.2, 0) is 0 Å². The average Bonchev–Trinajstić information content (AvgIpc) is 3.05. The first-order valence-electron chi connectivity index (χ1n) is 12.5. The highest BCUT2D eigenvalue weighted by Crippen LogP contribution is 2.45. The van der Waals surface area contributed by atoms with Crippen LogP contribution in [0, 0.1) is 91.0 Å². The largest absolute Gasteiger partial charge is 0.307 e. The summed E-state index contributed by atoms with van der Waals surface area (Å²) in [6.07, 6.45) is 0. The summed E-state index contributed by atoms with van der Waals surface area (Å²) in [5, 5.41) is 107. The standard InChI is InChI=1S/C21H8N12O18/c34-25(35)8-1-11(28(40)41)17(12(2-8)29(42)43)20-22-7-24(19-15(32(48)49)5-10(27(38)39)6-16(19)33(50)51)21(23-20)18-13(30(44)45)3-9(26(36)37)4-14(18)31(46)47/h1-6H,7H2. The third-order valence-corrected chi connectivity index (χ3v) is 6.58. The number of aliphatic imine (C=N–C) groups is 2. The van der Waals surface area contributed by atoms with Crippen LogP contribution in [0.4, 0.5) is 56.9 Å². The fourth-order valence-electron chi connectivity index (χ4n) is 4.59. The fourth-order valence-corrected chi connectivity index (χ4v) is 4.59. The van der Waals surface area contributed by atoms with Gasteiger partial charge in [0.1, 0.15) is 6.67 Å². The van der Waals surface area contributed by atoms with Crippen LogP contribution in [0.25, 0.3) is 0 Å². The maximum absolute atomic E-state index is 12.2. The smallest absolute Gasteiger partial charge is 0.293 e. The van der Waals surface area contributed by atoms with Gasteiger partial charge in [-0.3, -0.25) is 95.9 Å². The van der Waals surface area contributed by atoms with Gasteiger partial charge in [0.25, 0.3) is 39.8 Å². The third-order valence-electron chi connectivity index (χ3n) is 6.58. The third kappa shape index (κ3) is 6.38. The van der Waals surface area contributed by atoms with Gasteiger partial charge in [0.15, 0.2) is 22.8 Å². The molecule has 3 aromatic rings. The summed E-state index contributed by atoms with van der Waals surface area (Å²) in [7, 11) is 0. The van der Waals surface area contributed by atoms with E-state index >= 15 is 0 Å². The number of nitro benzene ring substituents is 9. The molecule has 0 saturated carbocycles. The van der Waals surface area contributed by atoms with E-state index in [9.17, 15) is 91.0 Å². The lowest BCUT2D eigenvalue weighted by Gasteiger charge is -2.27. The van der Waals surface area contributed by atoms with Crippen LogP contribution in [-0.4, -0.2) is 62.6 Å². The van der Waals surface area contributed by atoms with E-state index in [0.29, 0.717) is 0 Å². The van der Waals surface area contributed by atoms with E-state index < -0.39 is 131 Å². The minimum absolute atomic E-state index is 0.129. The minimum atomic E-state index is -1.58. The lowest BCUT2D eigenvalue weighted by molar-refractivity contribution is -0.403. The molecule has 1 aliphatic heterocycles. The molecule has 0 saturated heterocycles. The summed E-state index contributed by atoms with van der Waals surface area (Å²) in [5.41, 5.74) is -16.9. The minimum Gasteiger partial charge on any atom is -0.293 e. The average molecular weight is 716 g/mol. The van der Waals surface area contributed by atoms with E-state index in [1.165, 1.54) is 0 Å². The molecule has 30 nitrogen and oxygen atoms in total. The van der Waals surface area contributed by atoms with E-state index in [1.807, 2.05) is 0 Å². The van der Waals surface area contributed by atoms with Crippen LogP contribution in [0.5, 0.6) is 0 Å². The van der Waals surface area contributed by atoms with Gasteiger partial charge in [-0.1, -0.05) is 0 Å². The molecule has 0 spiro atoms. The summed E-state index contributed by atoms with van der Waals surface area (Å²) in [6.45, 7) is -1.40. The second-order valence-electron chi connectivity index (χ2n) is 9.35. The molecule has 30 heteroatoms. The summed E-state index contributed by atoms with van der Waals surface area (Å²) in [5.74, 6) is -2.65. The molecule has 0 amide bonds. The number of amidine groups is 2. The van der Waals surface area contributed by atoms with Crippen LogP contribution < -0.4 is 4.90 Å². The lowest BCUT2D eigenvalue weighted by atomic mass is 10.0. The van der Waals surface area contributed by atoms with Gasteiger partial charge in [0.05, 0.1) is 80.7 Å². The van der Waals surface area contributed by atoms with Gasteiger partial charge in [0, 0.05) is 0 Å². The number of hydrogen-bond acceptors (Lipinski definition) is 21. The topological polar surface area (TPSA) is 416 Å². The van der Waals surface area contributed by atoms with E-state index in [4.69, 9.17) is 0 Å². The Morgan fingerprint density at radius 3 is 1.02 bits per heavy atom. The molecule has 0 bridgehead atoms. The van der Waals surface area contributed by atoms with Crippen molar-refractivity contribution >= 4 is 68.5 Å². The Bertz CT molecular complexity index is 2160. The first-order valence-corrected chi connectivity index (χ1v) is 12.5. The zero-order valence-corrected chi connectivity index (χ0v) is 23.9. The molecule has 1 aliphatic rings. The zero-order valence-electron chi connectivity index (χ0n) is 23.9. The number of rotatable bonds is 12. The Labute approximate surface area is 273 Å². The van der Waals surface area contributed by atoms with Gasteiger partial charge in [-0.15, -0.1) is 0 Å². The molecule has 0 aromatic heterocycles. The molecule has 1 heterocycles. The molecule has 4 rings (SSSR count). The number of benzene rings is 3. The molecule has 51 heavy (non-hydrogen) atoms. The van der Waals surface area contributed by atoms with Crippen molar-refractivity contribution in [2.75, 3.05) is 11.6 Å². The van der Waals surface area contributed by atoms with Crippen molar-refractivity contribution in [3.05, 3.63) is 139 Å². The first kappa shape index (κ1) is 35.3. The molecule has 260 valence electrons. The Morgan fingerprint density at radius 1 is 0.431 bits per heavy atom. The predicted octanol–water partition coefficient (Wildman–Crippen LogP) is 3.53. The van der Waals surface area contributed by atoms with Crippen LogP contribution in [0.3, 0.4) is 0 Å². The second kappa shape index (κ2) is 12.9. The Hall–Kier alpha value is -8.60. The quantitative estimate of drug-likeness (QED) is 0.191. The Kier molecular flexibility index (Phi) is 8.91. The molecule has 3 aromatic carbocycles. The molecule has 0 atom stereocenters. The van der Waals surface area contributed by atoms with Crippen molar-refractivity contribution < 1.29 is 44.3 Å². The van der Waals surface area contributed by atoms with Crippen LogP contribution in [0.15, 0.2) is 46.4 Å². The van der Waals surface area contributed by atoms with Gasteiger partial charge in [0.2, 0.25) is 5.69 Å². The number of non-ortho nitro benzene ring substituents is 3. The summed E-state index contributed by atoms with van der Waals surface area (Å²) < 4.78 is 0. The van der Waals surface area contributed by atoms with Crippen molar-refractivity contribution in [2.24, 2.45) is 9.98 Å². The van der Waals surface area contributed by atoms with E-state index in [0.717, 1.165) is 0 Å². The molecule has 0 aliphatic carbocycles. The summed E-state index contributed by atoms with van der Waals surface area (Å²) in [4.78, 5) is 102. The molecule has 0 fully saturated rings. The van der Waals surface area contributed by atoms with Crippen molar-refractivity contribution in [1.29, 1.82) is 0 Å². The number of anilines is 1. The zero-order chi connectivity index (χ0) is 38.2. The SMILES string of the molecule is O=[N+]([O-])c1cc([N+](=O)[O-])c(C2=NCN(c3c([N+](=O)[O-])cc([N+](=O)[O-])cc3[N+](=O)[O-])C(c3c([N+](=O)[O-])cc([N+](=O)[O-])cc3[N+](=O)[O-])=N2)c([N+](=O)[O-])c1. The van der Waals surface area contributed by atoms with E-state index in [2.05, 4.69) is 9.98 Å². The van der Waals surface area contributed by atoms with Crippen LogP contribution in [0.2, 0.25) is 0 Å². The van der Waals surface area contributed by atoms with Crippen molar-refractivity contribution in [1.82, 2.24) is 0 Å². The highest BCUT2D eigenvalue weighted by atomic mass is 16.7. The first-order chi connectivity index (χ1) is 23.8. The second-order valence-corrected chi connectivity index (χ2v) is 9.35. The van der Waals surface area contributed by atoms with Gasteiger partial charge >= 0.3 is 11.4 Å². The monoisotopic (exact) mass is 716 g/mol. The van der Waals surface area contributed by atoms with E-state index in [1.54, 1.807) is 0 Å². The number of nitro groups is 9. The van der Waals surface area contributed by atoms with Gasteiger partial charge in [-0.2, -0.15) is 0 Å². The molecular formula is C21H8N12O18. The maximum Gasteiger partial charge on any atom is 0.307 e. The lowest BCUT2D eigenvalue weighted by Crippen LogP contribution is -2.38. The highest BCUT2D eigenvalue weighted by molar-refractivity contribution is 6.24. The Balaban J connectivity index is 2.27. The number of hydrogen-bond donors (Lipinski definition) is 0. The normalized spacial score (nSPS) is 12.3. The molecule has 0 unspecified atom stereocenters. The number of nitrogens with zero attached hydrogens (tertiary/aromatic N) is 12. The summed E-state index contributed by atoms with van der Waals surface area (Å²) in [6, 6.07) is 1.01. The van der Waals surface area contributed by atoms with E-state index in [-0.39, 0.29) is 41.3 Å². The predicted molar refractivity (Wildman–Crippen MR) is 160 cm³/mol. The molecular weight excluding hydrogens is 708 g/mol. The molecule has 0 radical (unpaired) electrons. The van der Waals surface area contributed by atoms with Crippen LogP contribution >= 0.6 is 0 Å². The maximum atomic E-state index is 12.2. The summed E-state index contributed by atoms with van der Waals surface area (Å²) >= 11 is 0. The fraction of sp³-hybridized carbons (Fsp3) is 0.0476. The van der Waals surface area contributed by atoms with Crippen molar-refractivity contribution in [2.45, 2.75) is 0 Å². The molecule has 0 N–H and O–H groups in total. The van der Waals surface area contributed by atoms with Gasteiger partial charge < -0.3 is 0 Å². The van der Waals surface area contributed by atoms with Crippen molar-refractivity contribution in [3.63, 3.8) is 0 Å². The highest BCUT2D eigenvalue weighted by Gasteiger charge is 2.44. The van der Waals surface area contributed by atoms with Crippen LogP contribution in [0.1, 0.15) is 11.1 Å². The van der Waals surface area contributed by atoms with Gasteiger partial charge in [-0.05, 0) is 0 Å². The van der Waals surface area contributed by atoms with Gasteiger partial charge in [-0.25, -0.2) is 9.98 Å². The van der Waals surface area contributed by atoms with Crippen molar-refractivity contribution in [3.8, 4) is 0 Å². The Morgan fingerprint density at radius 2 is 0.725 bits per heavy atom.